The highest BCUT2D eigenvalue weighted by molar-refractivity contribution is 5.95. The Bertz CT molecular complexity index is 1250. The summed E-state index contributed by atoms with van der Waals surface area (Å²) in [7, 11) is 3.32. The molecule has 9 nitrogen and oxygen atoms in total. The van der Waals surface area contributed by atoms with Gasteiger partial charge in [-0.3, -0.25) is 4.79 Å². The lowest BCUT2D eigenvalue weighted by atomic mass is 10.2. The second-order valence-corrected chi connectivity index (χ2v) is 6.29. The molecule has 0 atom stereocenters. The third-order valence-electron chi connectivity index (χ3n) is 4.63. The minimum Gasteiger partial charge on any atom is -0.478 e. The Hall–Kier alpha value is -3.88. The Morgan fingerprint density at radius 1 is 1.25 bits per heavy atom. The monoisotopic (exact) mass is 379 g/mol. The van der Waals surface area contributed by atoms with E-state index in [-0.39, 0.29) is 11.5 Å². The Labute approximate surface area is 159 Å². The average Bonchev–Trinajstić information content (AvgIpc) is 3.19. The highest BCUT2D eigenvalue weighted by atomic mass is 16.5. The van der Waals surface area contributed by atoms with Crippen LogP contribution >= 0.6 is 0 Å². The second-order valence-electron chi connectivity index (χ2n) is 6.29. The number of rotatable bonds is 4. The van der Waals surface area contributed by atoms with Crippen LogP contribution in [0.5, 0.6) is 11.5 Å². The van der Waals surface area contributed by atoms with E-state index in [2.05, 4.69) is 15.4 Å². The summed E-state index contributed by atoms with van der Waals surface area (Å²) < 4.78 is 9.20. The zero-order valence-corrected chi connectivity index (χ0v) is 15.4. The Balaban J connectivity index is 1.78. The van der Waals surface area contributed by atoms with Crippen LogP contribution in [0.25, 0.3) is 16.6 Å². The van der Waals surface area contributed by atoms with Crippen LogP contribution in [-0.2, 0) is 7.05 Å². The lowest BCUT2D eigenvalue weighted by molar-refractivity contribution is 0.0696. The molecule has 3 heterocycles. The molecule has 4 rings (SSSR count). The van der Waals surface area contributed by atoms with Crippen LogP contribution in [0.15, 0.2) is 36.7 Å². The maximum Gasteiger partial charge on any atom is 0.337 e. The fourth-order valence-corrected chi connectivity index (χ4v) is 3.21. The number of nitrogens with zero attached hydrogens (tertiary/aromatic N) is 4. The molecule has 0 fully saturated rings. The number of carbonyl (C=O) groups excluding carboxylic acids is 1. The first-order chi connectivity index (χ1) is 13.4. The van der Waals surface area contributed by atoms with Gasteiger partial charge in [0, 0.05) is 32.4 Å². The molecule has 9 heteroatoms. The van der Waals surface area contributed by atoms with Crippen molar-refractivity contribution in [1.82, 2.24) is 24.5 Å². The number of benzene rings is 1. The highest BCUT2D eigenvalue weighted by Crippen LogP contribution is 2.31. The summed E-state index contributed by atoms with van der Waals surface area (Å²) in [5, 5.41) is 16.1. The summed E-state index contributed by atoms with van der Waals surface area (Å²) in [4.78, 5) is 27.7. The van der Waals surface area contributed by atoms with Crippen molar-refractivity contribution in [2.75, 3.05) is 7.05 Å². The number of hydrogen-bond acceptors (Lipinski definition) is 5. The largest absolute Gasteiger partial charge is 0.478 e. The Morgan fingerprint density at radius 3 is 2.75 bits per heavy atom. The predicted molar refractivity (Wildman–Crippen MR) is 101 cm³/mol. The molecule has 0 saturated heterocycles. The SMILES string of the molecule is CNC(=O)c1nc2cc(Oc3ccnn4cc(C(=O)O)c(C)c34)ccc2n1C. The number of fused-ring (bicyclic) bond motifs is 2. The maximum absolute atomic E-state index is 11.9. The van der Waals surface area contributed by atoms with Crippen molar-refractivity contribution in [2.24, 2.45) is 7.05 Å². The number of aryl methyl sites for hydroxylation is 2. The molecule has 0 bridgehead atoms. The molecule has 4 aromatic rings. The smallest absolute Gasteiger partial charge is 0.337 e. The number of aromatic nitrogens is 4. The average molecular weight is 379 g/mol. The molecule has 0 aliphatic carbocycles. The van der Waals surface area contributed by atoms with Gasteiger partial charge < -0.3 is 19.7 Å². The van der Waals surface area contributed by atoms with Crippen LogP contribution in [0.2, 0.25) is 0 Å². The standard InChI is InChI=1S/C19H17N5O4/c1-10-12(19(26)27)9-24-16(10)15(6-7-21-24)28-11-4-5-14-13(8-11)22-17(23(14)3)18(25)20-2/h4-9H,1-3H3,(H,20,25)(H,26,27). The predicted octanol–water partition coefficient (Wildman–Crippen LogP) is 2.38. The molecule has 142 valence electrons. The molecule has 0 saturated carbocycles. The topological polar surface area (TPSA) is 111 Å². The summed E-state index contributed by atoms with van der Waals surface area (Å²) in [6, 6.07) is 6.99. The van der Waals surface area contributed by atoms with Crippen LogP contribution in [0.3, 0.4) is 0 Å². The van der Waals surface area contributed by atoms with Crippen molar-refractivity contribution in [3.8, 4) is 11.5 Å². The molecule has 1 aromatic carbocycles. The number of carbonyl (C=O) groups is 2. The Morgan fingerprint density at radius 2 is 2.04 bits per heavy atom. The van der Waals surface area contributed by atoms with Gasteiger partial charge in [-0.25, -0.2) is 14.3 Å². The number of amides is 1. The zero-order chi connectivity index (χ0) is 20.0. The van der Waals surface area contributed by atoms with Gasteiger partial charge in [0.05, 0.1) is 22.8 Å². The van der Waals surface area contributed by atoms with Gasteiger partial charge >= 0.3 is 5.97 Å². The second kappa shape index (κ2) is 6.38. The van der Waals surface area contributed by atoms with Crippen LogP contribution in [0, 0.1) is 6.92 Å². The summed E-state index contributed by atoms with van der Waals surface area (Å²) in [6.45, 7) is 1.71. The van der Waals surface area contributed by atoms with Gasteiger partial charge in [-0.1, -0.05) is 0 Å². The highest BCUT2D eigenvalue weighted by Gasteiger charge is 2.18. The van der Waals surface area contributed by atoms with E-state index in [1.165, 1.54) is 16.9 Å². The summed E-state index contributed by atoms with van der Waals surface area (Å²) in [5.41, 5.74) is 2.71. The normalized spacial score (nSPS) is 11.1. The summed E-state index contributed by atoms with van der Waals surface area (Å²) >= 11 is 0. The van der Waals surface area contributed by atoms with E-state index in [1.54, 1.807) is 43.8 Å². The lowest BCUT2D eigenvalue weighted by Crippen LogP contribution is -2.21. The van der Waals surface area contributed by atoms with E-state index in [4.69, 9.17) is 4.74 Å². The molecule has 3 aromatic heterocycles. The van der Waals surface area contributed by atoms with Crippen LogP contribution in [-0.4, -0.2) is 43.2 Å². The van der Waals surface area contributed by atoms with Crippen LogP contribution in [0.1, 0.15) is 26.5 Å². The molecule has 0 aliphatic heterocycles. The first-order valence-electron chi connectivity index (χ1n) is 8.47. The molecule has 0 aliphatic rings. The molecular formula is C19H17N5O4. The molecule has 0 spiro atoms. The maximum atomic E-state index is 11.9. The number of nitrogens with one attached hydrogen (secondary N) is 1. The number of carboxylic acids is 1. The van der Waals surface area contributed by atoms with Crippen molar-refractivity contribution in [3.05, 3.63) is 53.6 Å². The molecule has 0 unspecified atom stereocenters. The van der Waals surface area contributed by atoms with Gasteiger partial charge in [-0.05, 0) is 24.6 Å². The fraction of sp³-hybridized carbons (Fsp3) is 0.158. The lowest BCUT2D eigenvalue weighted by Gasteiger charge is -2.08. The molecule has 0 radical (unpaired) electrons. The van der Waals surface area contributed by atoms with E-state index in [9.17, 15) is 14.7 Å². The zero-order valence-electron chi connectivity index (χ0n) is 15.4. The van der Waals surface area contributed by atoms with Crippen molar-refractivity contribution < 1.29 is 19.4 Å². The minimum absolute atomic E-state index is 0.166. The minimum atomic E-state index is -1.02. The van der Waals surface area contributed by atoms with Gasteiger partial charge in [0.2, 0.25) is 0 Å². The van der Waals surface area contributed by atoms with E-state index < -0.39 is 5.97 Å². The number of hydrogen-bond donors (Lipinski definition) is 2. The number of ether oxygens (including phenoxy) is 1. The Kier molecular flexibility index (Phi) is 3.99. The van der Waals surface area contributed by atoms with Crippen molar-refractivity contribution in [2.45, 2.75) is 6.92 Å². The number of imidazole rings is 1. The van der Waals surface area contributed by atoms with Crippen LogP contribution in [0.4, 0.5) is 0 Å². The first kappa shape index (κ1) is 17.5. The third kappa shape index (κ3) is 2.64. The number of carboxylic acid groups (broad SMARTS) is 1. The molecule has 28 heavy (non-hydrogen) atoms. The van der Waals surface area contributed by atoms with Gasteiger partial charge in [-0.15, -0.1) is 0 Å². The molecular weight excluding hydrogens is 362 g/mol. The van der Waals surface area contributed by atoms with E-state index >= 15 is 0 Å². The number of aromatic carboxylic acids is 1. The van der Waals surface area contributed by atoms with Gasteiger partial charge in [0.15, 0.2) is 11.6 Å². The van der Waals surface area contributed by atoms with Crippen molar-refractivity contribution in [3.63, 3.8) is 0 Å². The van der Waals surface area contributed by atoms with Gasteiger partial charge in [0.1, 0.15) is 11.3 Å². The first-order valence-corrected chi connectivity index (χ1v) is 8.47. The van der Waals surface area contributed by atoms with E-state index in [0.717, 1.165) is 5.52 Å². The van der Waals surface area contributed by atoms with Crippen molar-refractivity contribution >= 4 is 28.4 Å². The molecule has 1 amide bonds. The van der Waals surface area contributed by atoms with Gasteiger partial charge in [-0.2, -0.15) is 5.10 Å². The van der Waals surface area contributed by atoms with Crippen LogP contribution < -0.4 is 10.1 Å². The van der Waals surface area contributed by atoms with E-state index in [1.807, 2.05) is 6.07 Å². The third-order valence-corrected chi connectivity index (χ3v) is 4.63. The molecule has 2 N–H and O–H groups in total. The summed E-state index contributed by atoms with van der Waals surface area (Å²) in [6.07, 6.45) is 2.99. The fourth-order valence-electron chi connectivity index (χ4n) is 3.21. The van der Waals surface area contributed by atoms with Gasteiger partial charge in [0.25, 0.3) is 5.91 Å². The van der Waals surface area contributed by atoms with Crippen molar-refractivity contribution in [1.29, 1.82) is 0 Å². The summed E-state index contributed by atoms with van der Waals surface area (Å²) in [5.74, 6) is -0.0106. The quantitative estimate of drug-likeness (QED) is 0.563. The van der Waals surface area contributed by atoms with E-state index in [0.29, 0.717) is 33.9 Å².